The summed E-state index contributed by atoms with van der Waals surface area (Å²) in [6.07, 6.45) is 6.69. The van der Waals surface area contributed by atoms with Crippen LogP contribution in [0, 0.1) is 24.2 Å². The molecule has 2 N–H and O–H groups in total. The predicted molar refractivity (Wildman–Crippen MR) is 62.0 cm³/mol. The van der Waals surface area contributed by atoms with Crippen molar-refractivity contribution in [1.82, 2.24) is 0 Å². The number of aliphatic carboxylic acids is 2. The van der Waals surface area contributed by atoms with Crippen LogP contribution in [0.3, 0.4) is 0 Å². The lowest BCUT2D eigenvalue weighted by Crippen LogP contribution is -2.19. The molecule has 2 unspecified atom stereocenters. The van der Waals surface area contributed by atoms with Crippen molar-refractivity contribution in [3.8, 4) is 12.3 Å². The van der Waals surface area contributed by atoms with Crippen molar-refractivity contribution in [3.63, 3.8) is 0 Å². The standard InChI is InChI=1S/C8H12O2.C4H8O2/c1-4-6(3)7(5-2)8(9)10;1-2-3-4(5)6/h1,6-7H,5H2,2-3H3,(H,9,10);2-3H2,1H3,(H,5,6). The molecule has 4 heteroatoms. The van der Waals surface area contributed by atoms with Gasteiger partial charge in [-0.15, -0.1) is 12.3 Å². The largest absolute Gasteiger partial charge is 0.481 e. The molecule has 0 aliphatic rings. The van der Waals surface area contributed by atoms with E-state index >= 15 is 0 Å². The monoisotopic (exact) mass is 228 g/mol. The van der Waals surface area contributed by atoms with Gasteiger partial charge in [-0.05, 0) is 12.8 Å². The highest BCUT2D eigenvalue weighted by Crippen LogP contribution is 2.13. The molecular weight excluding hydrogens is 208 g/mol. The van der Waals surface area contributed by atoms with E-state index in [1.807, 2.05) is 13.8 Å². The minimum absolute atomic E-state index is 0.164. The van der Waals surface area contributed by atoms with E-state index in [1.165, 1.54) is 0 Å². The minimum atomic E-state index is -0.798. The van der Waals surface area contributed by atoms with E-state index in [-0.39, 0.29) is 11.8 Å². The maximum absolute atomic E-state index is 10.4. The molecule has 0 aromatic carbocycles. The average Bonchev–Trinajstić information content (AvgIpc) is 2.18. The first kappa shape index (κ1) is 16.9. The Labute approximate surface area is 96.7 Å². The van der Waals surface area contributed by atoms with E-state index in [0.29, 0.717) is 12.8 Å². The van der Waals surface area contributed by atoms with Crippen LogP contribution in [0.2, 0.25) is 0 Å². The summed E-state index contributed by atoms with van der Waals surface area (Å²) in [4.78, 5) is 20.0. The van der Waals surface area contributed by atoms with E-state index in [9.17, 15) is 9.59 Å². The highest BCUT2D eigenvalue weighted by molar-refractivity contribution is 5.70. The van der Waals surface area contributed by atoms with Gasteiger partial charge in [0.2, 0.25) is 0 Å². The van der Waals surface area contributed by atoms with Gasteiger partial charge in [-0.1, -0.05) is 20.8 Å². The summed E-state index contributed by atoms with van der Waals surface area (Å²) in [6.45, 7) is 5.42. The van der Waals surface area contributed by atoms with E-state index in [2.05, 4.69) is 5.92 Å². The summed E-state index contributed by atoms with van der Waals surface area (Å²) < 4.78 is 0. The van der Waals surface area contributed by atoms with Gasteiger partial charge in [-0.3, -0.25) is 9.59 Å². The topological polar surface area (TPSA) is 74.6 Å². The molecule has 0 aliphatic heterocycles. The first-order valence-electron chi connectivity index (χ1n) is 5.31. The summed E-state index contributed by atoms with van der Waals surface area (Å²) >= 11 is 0. The Morgan fingerprint density at radius 2 is 1.81 bits per heavy atom. The third kappa shape index (κ3) is 9.07. The van der Waals surface area contributed by atoms with Crippen LogP contribution < -0.4 is 0 Å². The van der Waals surface area contributed by atoms with Crippen LogP contribution in [0.1, 0.15) is 40.0 Å². The fourth-order valence-corrected chi connectivity index (χ4v) is 1.07. The lowest BCUT2D eigenvalue weighted by molar-refractivity contribution is -0.143. The number of carbonyl (C=O) groups is 2. The van der Waals surface area contributed by atoms with Crippen LogP contribution in [-0.2, 0) is 9.59 Å². The zero-order valence-corrected chi connectivity index (χ0v) is 10.1. The molecule has 0 saturated carbocycles. The Kier molecular flexibility index (Phi) is 10.6. The Bertz CT molecular complexity index is 252. The molecule has 16 heavy (non-hydrogen) atoms. The van der Waals surface area contributed by atoms with Crippen molar-refractivity contribution in [2.45, 2.75) is 40.0 Å². The van der Waals surface area contributed by atoms with E-state index in [0.717, 1.165) is 6.42 Å². The first-order chi connectivity index (χ1) is 7.40. The van der Waals surface area contributed by atoms with Crippen molar-refractivity contribution in [3.05, 3.63) is 0 Å². The second-order valence-corrected chi connectivity index (χ2v) is 3.45. The highest BCUT2D eigenvalue weighted by atomic mass is 16.4. The Morgan fingerprint density at radius 1 is 1.31 bits per heavy atom. The maximum Gasteiger partial charge on any atom is 0.307 e. The summed E-state index contributed by atoms with van der Waals surface area (Å²) in [7, 11) is 0. The molecule has 0 bridgehead atoms. The first-order valence-corrected chi connectivity index (χ1v) is 5.31. The smallest absolute Gasteiger partial charge is 0.307 e. The number of carboxylic acid groups (broad SMARTS) is 2. The Morgan fingerprint density at radius 3 is 1.88 bits per heavy atom. The van der Waals surface area contributed by atoms with Crippen molar-refractivity contribution in [2.24, 2.45) is 11.8 Å². The van der Waals surface area contributed by atoms with Crippen LogP contribution in [-0.4, -0.2) is 22.2 Å². The minimum Gasteiger partial charge on any atom is -0.481 e. The Hall–Kier alpha value is -1.50. The molecule has 0 spiro atoms. The fourth-order valence-electron chi connectivity index (χ4n) is 1.07. The zero-order valence-electron chi connectivity index (χ0n) is 10.1. The molecule has 0 radical (unpaired) electrons. The Balaban J connectivity index is 0. The van der Waals surface area contributed by atoms with Gasteiger partial charge in [0.15, 0.2) is 0 Å². The van der Waals surface area contributed by atoms with Gasteiger partial charge in [-0.2, -0.15) is 0 Å². The van der Waals surface area contributed by atoms with Gasteiger partial charge in [0.25, 0.3) is 0 Å². The molecule has 0 aromatic heterocycles. The van der Waals surface area contributed by atoms with Gasteiger partial charge in [0.05, 0.1) is 5.92 Å². The van der Waals surface area contributed by atoms with Gasteiger partial charge < -0.3 is 10.2 Å². The number of hydrogen-bond acceptors (Lipinski definition) is 2. The third-order valence-corrected chi connectivity index (χ3v) is 2.09. The number of rotatable bonds is 5. The second-order valence-electron chi connectivity index (χ2n) is 3.45. The fraction of sp³-hybridized carbons (Fsp3) is 0.667. The summed E-state index contributed by atoms with van der Waals surface area (Å²) in [5.74, 6) is 0.359. The van der Waals surface area contributed by atoms with Crippen molar-refractivity contribution in [2.75, 3.05) is 0 Å². The molecule has 0 rings (SSSR count). The summed E-state index contributed by atoms with van der Waals surface area (Å²) in [5, 5.41) is 16.5. The average molecular weight is 228 g/mol. The number of carboxylic acids is 2. The molecule has 0 saturated heterocycles. The van der Waals surface area contributed by atoms with Gasteiger partial charge >= 0.3 is 11.9 Å². The number of hydrogen-bond donors (Lipinski definition) is 2. The lowest BCUT2D eigenvalue weighted by atomic mass is 9.93. The predicted octanol–water partition coefficient (Wildman–Crippen LogP) is 2.24. The van der Waals surface area contributed by atoms with Crippen LogP contribution in [0.15, 0.2) is 0 Å². The summed E-state index contributed by atoms with van der Waals surface area (Å²) in [5.41, 5.74) is 0. The molecule has 0 aliphatic carbocycles. The third-order valence-electron chi connectivity index (χ3n) is 2.09. The molecule has 4 nitrogen and oxygen atoms in total. The molecule has 0 amide bonds. The molecule has 0 aromatic rings. The van der Waals surface area contributed by atoms with Crippen molar-refractivity contribution >= 4 is 11.9 Å². The van der Waals surface area contributed by atoms with Crippen molar-refractivity contribution in [1.29, 1.82) is 0 Å². The van der Waals surface area contributed by atoms with Gasteiger partial charge in [0.1, 0.15) is 0 Å². The summed E-state index contributed by atoms with van der Waals surface area (Å²) in [6, 6.07) is 0. The van der Waals surface area contributed by atoms with Gasteiger partial charge in [0, 0.05) is 12.3 Å². The zero-order chi connectivity index (χ0) is 13.1. The molecule has 0 fully saturated rings. The van der Waals surface area contributed by atoms with Gasteiger partial charge in [-0.25, -0.2) is 0 Å². The quantitative estimate of drug-likeness (QED) is 0.708. The van der Waals surface area contributed by atoms with Crippen LogP contribution >= 0.6 is 0 Å². The second kappa shape index (κ2) is 10.0. The SMILES string of the molecule is C#CC(C)C(CC)C(=O)O.CCCC(=O)O. The van der Waals surface area contributed by atoms with E-state index in [4.69, 9.17) is 16.6 Å². The normalized spacial score (nSPS) is 12.6. The molecule has 2 atom stereocenters. The van der Waals surface area contributed by atoms with E-state index in [1.54, 1.807) is 6.92 Å². The van der Waals surface area contributed by atoms with E-state index < -0.39 is 11.9 Å². The molecular formula is C12H20O4. The van der Waals surface area contributed by atoms with Crippen LogP contribution in [0.25, 0.3) is 0 Å². The van der Waals surface area contributed by atoms with Crippen LogP contribution in [0.5, 0.6) is 0 Å². The number of terminal acetylenes is 1. The highest BCUT2D eigenvalue weighted by Gasteiger charge is 2.20. The lowest BCUT2D eigenvalue weighted by Gasteiger charge is -2.11. The van der Waals surface area contributed by atoms with Crippen molar-refractivity contribution < 1.29 is 19.8 Å². The van der Waals surface area contributed by atoms with Crippen LogP contribution in [0.4, 0.5) is 0 Å². The molecule has 0 heterocycles. The maximum atomic E-state index is 10.4. The molecule has 92 valence electrons.